The van der Waals surface area contributed by atoms with E-state index in [0.29, 0.717) is 29.8 Å². The summed E-state index contributed by atoms with van der Waals surface area (Å²) in [4.78, 5) is 130. The minimum absolute atomic E-state index is 0.0452. The van der Waals surface area contributed by atoms with E-state index in [1.165, 1.54) is 6.20 Å². The summed E-state index contributed by atoms with van der Waals surface area (Å²) in [6.45, 7) is -1.39. The van der Waals surface area contributed by atoms with Gasteiger partial charge in [0.1, 0.15) is 18.1 Å². The second-order valence-electron chi connectivity index (χ2n) is 14.8. The minimum Gasteiger partial charge on any atom is -0.481 e. The molecule has 2 heterocycles. The van der Waals surface area contributed by atoms with E-state index in [-0.39, 0.29) is 79.7 Å². The maximum atomic E-state index is 13.3. The number of rotatable bonds is 23. The van der Waals surface area contributed by atoms with E-state index < -0.39 is 84.2 Å². The Morgan fingerprint density at radius 3 is 2.33 bits per heavy atom. The zero-order chi connectivity index (χ0) is 45.8. The van der Waals surface area contributed by atoms with Gasteiger partial charge in [0.2, 0.25) is 35.5 Å². The molecule has 2 saturated carbocycles. The van der Waals surface area contributed by atoms with Crippen LogP contribution in [0.5, 0.6) is 0 Å². The molecule has 2 fully saturated rings. The molecule has 0 spiro atoms. The molecule has 1 aromatic carbocycles. The van der Waals surface area contributed by atoms with Crippen LogP contribution in [-0.4, -0.2) is 128 Å². The highest BCUT2D eigenvalue weighted by Crippen LogP contribution is 2.45. The van der Waals surface area contributed by atoms with Crippen LogP contribution in [-0.2, 0) is 40.1 Å². The summed E-state index contributed by atoms with van der Waals surface area (Å²) < 4.78 is 0. The number of carbonyl (C=O) groups excluding carboxylic acids is 6. The lowest BCUT2D eigenvalue weighted by Crippen LogP contribution is -2.56. The number of benzene rings is 1. The third-order valence-electron chi connectivity index (χ3n) is 10.1. The Balaban J connectivity index is 1.04. The smallest absolute Gasteiger partial charge is 0.322 e. The second-order valence-corrected chi connectivity index (χ2v) is 14.8. The molecule has 6 amide bonds. The fraction of sp³-hybridized carbons (Fsp3) is 0.432. The average molecular weight is 878 g/mol. The van der Waals surface area contributed by atoms with Gasteiger partial charge in [0.25, 0.3) is 11.5 Å². The van der Waals surface area contributed by atoms with Crippen molar-refractivity contribution in [1.82, 2.24) is 51.8 Å². The Bertz CT molecular complexity index is 2350. The number of nitrogens with zero attached hydrogens (tertiary/aromatic N) is 4. The number of aliphatic imine (C=N–C) groups is 1. The number of carbonyl (C=O) groups is 8. The van der Waals surface area contributed by atoms with Gasteiger partial charge in [0, 0.05) is 30.8 Å². The van der Waals surface area contributed by atoms with Crippen LogP contribution in [0.3, 0.4) is 0 Å². The van der Waals surface area contributed by atoms with E-state index in [9.17, 15) is 48.3 Å². The van der Waals surface area contributed by atoms with Crippen molar-refractivity contribution >= 4 is 76.1 Å². The number of hydrogen-bond acceptors (Lipinski definition) is 15. The predicted molar refractivity (Wildman–Crippen MR) is 220 cm³/mol. The molecule has 3 aromatic rings. The van der Waals surface area contributed by atoms with E-state index in [1.807, 2.05) is 0 Å². The number of nitrogen functional groups attached to an aromatic ring is 1. The molecule has 2 aliphatic rings. The first-order chi connectivity index (χ1) is 29.9. The third-order valence-corrected chi connectivity index (χ3v) is 10.1. The maximum Gasteiger partial charge on any atom is 0.322 e. The highest BCUT2D eigenvalue weighted by atomic mass is 16.4. The Morgan fingerprint density at radius 2 is 1.65 bits per heavy atom. The molecule has 5 atom stereocenters. The van der Waals surface area contributed by atoms with Gasteiger partial charge in [-0.05, 0) is 61.8 Å². The monoisotopic (exact) mass is 877 g/mol. The molecule has 336 valence electrons. The molecule has 63 heavy (non-hydrogen) atoms. The Labute approximate surface area is 356 Å². The molecule has 5 unspecified atom stereocenters. The highest BCUT2D eigenvalue weighted by molar-refractivity contribution is 6.02. The largest absolute Gasteiger partial charge is 0.481 e. The van der Waals surface area contributed by atoms with Crippen LogP contribution in [0.2, 0.25) is 0 Å². The number of aliphatic carboxylic acids is 2. The first-order valence-corrected chi connectivity index (χ1v) is 19.5. The molecule has 5 rings (SSSR count). The van der Waals surface area contributed by atoms with E-state index >= 15 is 0 Å². The Morgan fingerprint density at radius 1 is 0.921 bits per heavy atom. The van der Waals surface area contributed by atoms with Crippen LogP contribution >= 0.6 is 0 Å². The SMILES string of the molecule is NC(N)=NCCC1CC1C(NC(=O)CNC(=O)CCCNC(=O)c1ccc(NCc2cnc3nc(N)[nH]c(=O)c3n2)cc1)C(=O)NCC(=O)NC1(C(=O)NCC(=O)O)CC1C(=O)O. The first-order valence-electron chi connectivity index (χ1n) is 19.5. The summed E-state index contributed by atoms with van der Waals surface area (Å²) in [7, 11) is 0. The summed E-state index contributed by atoms with van der Waals surface area (Å²) >= 11 is 0. The van der Waals surface area contributed by atoms with Crippen molar-refractivity contribution in [3.8, 4) is 0 Å². The van der Waals surface area contributed by atoms with Crippen LogP contribution in [0.4, 0.5) is 11.6 Å². The van der Waals surface area contributed by atoms with Gasteiger partial charge < -0.3 is 64.6 Å². The van der Waals surface area contributed by atoms with Crippen molar-refractivity contribution in [3.63, 3.8) is 0 Å². The van der Waals surface area contributed by atoms with Gasteiger partial charge in [-0.2, -0.15) is 4.98 Å². The molecule has 26 nitrogen and oxygen atoms in total. The molecular formula is C37H47N15O11. The molecule has 26 heteroatoms. The number of carboxylic acid groups (broad SMARTS) is 2. The zero-order valence-electron chi connectivity index (χ0n) is 33.6. The number of hydrogen-bond donors (Lipinski definition) is 13. The van der Waals surface area contributed by atoms with Crippen LogP contribution in [0.15, 0.2) is 40.2 Å². The van der Waals surface area contributed by atoms with E-state index in [2.05, 4.69) is 62.1 Å². The van der Waals surface area contributed by atoms with E-state index in [1.54, 1.807) is 24.3 Å². The van der Waals surface area contributed by atoms with Gasteiger partial charge in [-0.1, -0.05) is 0 Å². The standard InChI is InChI=1S/C37H47N15O11/c38-35(39)42-9-7-18-10-21(18)27(31(59)46-15-25(55)52-37(11-22(37)33(61)62)34(63)47-16-26(56)57)49-24(54)14-44-23(53)2-1-8-41-30(58)17-3-5-19(6-4-17)43-12-20-13-45-29-28(48-20)32(60)51-36(40)50-29/h3-6,13,18,21-22,27,43H,1-2,7-12,14-16H2,(H,41,58)(H,44,53)(H,46,59)(H,47,63)(H,49,54)(H,52,55)(H,56,57)(H,61,62)(H4,38,39,42)(H3,40,45,50,51,60). The molecule has 0 aliphatic heterocycles. The van der Waals surface area contributed by atoms with Gasteiger partial charge in [0.15, 0.2) is 17.1 Å². The number of anilines is 2. The van der Waals surface area contributed by atoms with Crippen LogP contribution < -0.4 is 60.0 Å². The lowest BCUT2D eigenvalue weighted by Gasteiger charge is -2.21. The fourth-order valence-corrected chi connectivity index (χ4v) is 6.66. The molecule has 0 radical (unpaired) electrons. The topological polar surface area (TPSA) is 423 Å². The quantitative estimate of drug-likeness (QED) is 0.0243. The summed E-state index contributed by atoms with van der Waals surface area (Å²) in [5.74, 6) is -9.06. The maximum absolute atomic E-state index is 13.3. The van der Waals surface area contributed by atoms with E-state index in [0.717, 1.165) is 0 Å². The summed E-state index contributed by atoms with van der Waals surface area (Å²) in [5, 5.41) is 35.9. The first kappa shape index (κ1) is 46.1. The number of nitrogens with one attached hydrogen (secondary N) is 8. The van der Waals surface area contributed by atoms with Crippen molar-refractivity contribution in [3.05, 3.63) is 52.1 Å². The van der Waals surface area contributed by atoms with Crippen molar-refractivity contribution < 1.29 is 48.6 Å². The molecule has 0 bridgehead atoms. The highest BCUT2D eigenvalue weighted by Gasteiger charge is 2.65. The lowest BCUT2D eigenvalue weighted by molar-refractivity contribution is -0.142. The van der Waals surface area contributed by atoms with Crippen LogP contribution in [0.25, 0.3) is 11.2 Å². The molecule has 2 aliphatic carbocycles. The Hall–Kier alpha value is -7.93. The van der Waals surface area contributed by atoms with Crippen molar-refractivity contribution in [2.24, 2.45) is 34.2 Å². The minimum atomic E-state index is -1.91. The number of H-pyrrole nitrogens is 1. The number of fused-ring (bicyclic) bond motifs is 1. The predicted octanol–water partition coefficient (Wildman–Crippen LogP) is -4.41. The van der Waals surface area contributed by atoms with Gasteiger partial charge in [-0.25, -0.2) is 9.97 Å². The summed E-state index contributed by atoms with van der Waals surface area (Å²) in [6, 6.07) is 5.38. The number of amides is 6. The third kappa shape index (κ3) is 13.0. The second kappa shape index (κ2) is 20.6. The van der Waals surface area contributed by atoms with Crippen molar-refractivity contribution in [2.75, 3.05) is 43.8 Å². The molecular weight excluding hydrogens is 831 g/mol. The van der Waals surface area contributed by atoms with Crippen molar-refractivity contribution in [1.29, 1.82) is 0 Å². The van der Waals surface area contributed by atoms with E-state index in [4.69, 9.17) is 22.3 Å². The van der Waals surface area contributed by atoms with Gasteiger partial charge in [-0.15, -0.1) is 0 Å². The number of aromatic amines is 1. The van der Waals surface area contributed by atoms with Gasteiger partial charge in [0.05, 0.1) is 37.4 Å². The number of nitrogens with two attached hydrogens (primary N) is 3. The average Bonchev–Trinajstić information content (AvgIpc) is 4.17. The number of guanidine groups is 1. The fourth-order valence-electron chi connectivity index (χ4n) is 6.66. The molecule has 0 saturated heterocycles. The molecule has 2 aromatic heterocycles. The summed E-state index contributed by atoms with van der Waals surface area (Å²) in [5.41, 5.74) is 15.6. The van der Waals surface area contributed by atoms with Gasteiger partial charge in [-0.3, -0.25) is 53.1 Å². The van der Waals surface area contributed by atoms with Crippen LogP contribution in [0, 0.1) is 17.8 Å². The summed E-state index contributed by atoms with van der Waals surface area (Å²) in [6.07, 6.45) is 2.33. The van der Waals surface area contributed by atoms with Crippen LogP contribution in [0.1, 0.15) is 48.2 Å². The number of aromatic nitrogens is 4. The zero-order valence-corrected chi connectivity index (χ0v) is 33.6. The lowest BCUT2D eigenvalue weighted by atomic mass is 10.1. The number of carboxylic acids is 2. The van der Waals surface area contributed by atoms with Gasteiger partial charge >= 0.3 is 11.9 Å². The molecule has 16 N–H and O–H groups in total. The normalized spacial score (nSPS) is 18.7. The van der Waals surface area contributed by atoms with Crippen molar-refractivity contribution in [2.45, 2.75) is 50.2 Å². The Kier molecular flexibility index (Phi) is 15.1.